The highest BCUT2D eigenvalue weighted by molar-refractivity contribution is 6.06. The van der Waals surface area contributed by atoms with Gasteiger partial charge in [0, 0.05) is 0 Å². The van der Waals surface area contributed by atoms with Crippen LogP contribution in [-0.2, 0) is 14.3 Å². The van der Waals surface area contributed by atoms with Crippen LogP contribution in [-0.4, -0.2) is 44.7 Å². The second-order valence-electron chi connectivity index (χ2n) is 5.43. The van der Waals surface area contributed by atoms with E-state index in [0.29, 0.717) is 23.9 Å². The summed E-state index contributed by atoms with van der Waals surface area (Å²) in [6, 6.07) is 13.2. The summed E-state index contributed by atoms with van der Waals surface area (Å²) in [5.74, 6) is -0.679. The van der Waals surface area contributed by atoms with Crippen LogP contribution in [0.3, 0.4) is 0 Å². The Balaban J connectivity index is 1.74. The molecule has 0 atom stereocenters. The Morgan fingerprint density at radius 2 is 1.54 bits per heavy atom. The molecule has 0 unspecified atom stereocenters. The summed E-state index contributed by atoms with van der Waals surface area (Å²) in [5, 5.41) is 2.13. The number of carbonyl (C=O) groups excluding carboxylic acids is 3. The molecular formula is C20H21NO7. The Morgan fingerprint density at radius 1 is 0.893 bits per heavy atom. The summed E-state index contributed by atoms with van der Waals surface area (Å²) < 4.78 is 20.4. The Labute approximate surface area is 162 Å². The molecule has 0 aliphatic carbocycles. The third-order valence-electron chi connectivity index (χ3n) is 3.46. The Morgan fingerprint density at radius 3 is 2.18 bits per heavy atom. The maximum Gasteiger partial charge on any atom is 0.344 e. The third kappa shape index (κ3) is 6.31. The van der Waals surface area contributed by atoms with Gasteiger partial charge in [-0.3, -0.25) is 14.9 Å². The van der Waals surface area contributed by atoms with Crippen molar-refractivity contribution in [1.82, 2.24) is 5.32 Å². The van der Waals surface area contributed by atoms with E-state index in [0.717, 1.165) is 0 Å². The number of esters is 1. The SMILES string of the molecule is CCOc1ccc(OCC(=O)OCC(=O)NC(=O)c2ccccc2OC)cc1. The molecule has 0 aromatic heterocycles. The average Bonchev–Trinajstić information content (AvgIpc) is 2.71. The highest BCUT2D eigenvalue weighted by Gasteiger charge is 2.16. The topological polar surface area (TPSA) is 100 Å². The van der Waals surface area contributed by atoms with Gasteiger partial charge in [0.1, 0.15) is 17.2 Å². The van der Waals surface area contributed by atoms with Crippen LogP contribution in [0.25, 0.3) is 0 Å². The number of rotatable bonds is 9. The molecule has 8 heteroatoms. The van der Waals surface area contributed by atoms with Gasteiger partial charge in [-0.05, 0) is 43.3 Å². The van der Waals surface area contributed by atoms with Crippen LogP contribution in [0.4, 0.5) is 0 Å². The maximum absolute atomic E-state index is 12.1. The number of para-hydroxylation sites is 1. The third-order valence-corrected chi connectivity index (χ3v) is 3.46. The molecule has 28 heavy (non-hydrogen) atoms. The van der Waals surface area contributed by atoms with Gasteiger partial charge < -0.3 is 18.9 Å². The fourth-order valence-corrected chi connectivity index (χ4v) is 2.19. The largest absolute Gasteiger partial charge is 0.496 e. The molecule has 0 aliphatic heterocycles. The molecule has 0 heterocycles. The Hall–Kier alpha value is -3.55. The minimum atomic E-state index is -0.759. The number of imide groups is 1. The van der Waals surface area contributed by atoms with Crippen molar-refractivity contribution in [1.29, 1.82) is 0 Å². The molecule has 2 rings (SSSR count). The van der Waals surface area contributed by atoms with Crippen LogP contribution >= 0.6 is 0 Å². The fourth-order valence-electron chi connectivity index (χ4n) is 2.19. The van der Waals surface area contributed by atoms with Crippen molar-refractivity contribution in [2.45, 2.75) is 6.92 Å². The van der Waals surface area contributed by atoms with Gasteiger partial charge in [0.05, 0.1) is 19.3 Å². The molecule has 0 fully saturated rings. The van der Waals surface area contributed by atoms with Gasteiger partial charge in [0.15, 0.2) is 13.2 Å². The molecule has 0 saturated carbocycles. The zero-order chi connectivity index (χ0) is 20.4. The molecule has 0 bridgehead atoms. The van der Waals surface area contributed by atoms with E-state index in [4.69, 9.17) is 18.9 Å². The summed E-state index contributed by atoms with van der Waals surface area (Å²) in [6.07, 6.45) is 0. The smallest absolute Gasteiger partial charge is 0.344 e. The van der Waals surface area contributed by atoms with Gasteiger partial charge in [0.2, 0.25) is 0 Å². The van der Waals surface area contributed by atoms with Gasteiger partial charge >= 0.3 is 5.97 Å². The number of methoxy groups -OCH3 is 1. The van der Waals surface area contributed by atoms with E-state index in [2.05, 4.69) is 5.32 Å². The van der Waals surface area contributed by atoms with Crippen LogP contribution in [0.1, 0.15) is 17.3 Å². The van der Waals surface area contributed by atoms with E-state index in [1.807, 2.05) is 6.92 Å². The Bertz CT molecular complexity index is 818. The molecule has 2 aromatic rings. The molecule has 148 valence electrons. The molecule has 2 amide bonds. The molecular weight excluding hydrogens is 366 g/mol. The normalized spacial score (nSPS) is 9.93. The molecule has 0 saturated heterocycles. The predicted octanol–water partition coefficient (Wildman–Crippen LogP) is 1.97. The van der Waals surface area contributed by atoms with Crippen molar-refractivity contribution >= 4 is 17.8 Å². The molecule has 0 aliphatic rings. The van der Waals surface area contributed by atoms with Crippen LogP contribution in [0.2, 0.25) is 0 Å². The molecule has 0 radical (unpaired) electrons. The van der Waals surface area contributed by atoms with E-state index < -0.39 is 24.4 Å². The second-order valence-corrected chi connectivity index (χ2v) is 5.43. The monoisotopic (exact) mass is 387 g/mol. The van der Waals surface area contributed by atoms with Crippen LogP contribution in [0.15, 0.2) is 48.5 Å². The van der Waals surface area contributed by atoms with Crippen LogP contribution in [0.5, 0.6) is 17.2 Å². The quantitative estimate of drug-likeness (QED) is 0.657. The zero-order valence-corrected chi connectivity index (χ0v) is 15.6. The van der Waals surface area contributed by atoms with E-state index >= 15 is 0 Å². The van der Waals surface area contributed by atoms with Crippen molar-refractivity contribution in [2.75, 3.05) is 26.9 Å². The van der Waals surface area contributed by atoms with Crippen molar-refractivity contribution in [3.05, 3.63) is 54.1 Å². The highest BCUT2D eigenvalue weighted by atomic mass is 16.6. The van der Waals surface area contributed by atoms with Crippen LogP contribution in [0, 0.1) is 0 Å². The van der Waals surface area contributed by atoms with Gasteiger partial charge in [-0.15, -0.1) is 0 Å². The number of hydrogen-bond donors (Lipinski definition) is 1. The molecule has 2 aromatic carbocycles. The van der Waals surface area contributed by atoms with E-state index in [9.17, 15) is 14.4 Å². The van der Waals surface area contributed by atoms with E-state index in [-0.39, 0.29) is 12.2 Å². The van der Waals surface area contributed by atoms with Crippen molar-refractivity contribution in [3.63, 3.8) is 0 Å². The standard InChI is InChI=1S/C20H21NO7/c1-3-26-14-8-10-15(11-9-14)27-13-19(23)28-12-18(22)21-20(24)16-6-4-5-7-17(16)25-2/h4-11H,3,12-13H2,1-2H3,(H,21,22,24). The lowest BCUT2D eigenvalue weighted by atomic mass is 10.2. The minimum Gasteiger partial charge on any atom is -0.496 e. The first-order valence-corrected chi connectivity index (χ1v) is 8.52. The van der Waals surface area contributed by atoms with Crippen molar-refractivity contribution < 1.29 is 33.3 Å². The lowest BCUT2D eigenvalue weighted by molar-refractivity contribution is -0.150. The number of nitrogens with one attached hydrogen (secondary N) is 1. The summed E-state index contributed by atoms with van der Waals surface area (Å²) in [4.78, 5) is 35.6. The summed E-state index contributed by atoms with van der Waals surface area (Å²) in [7, 11) is 1.42. The number of benzene rings is 2. The first-order valence-electron chi connectivity index (χ1n) is 8.52. The zero-order valence-electron chi connectivity index (χ0n) is 15.6. The molecule has 8 nitrogen and oxygen atoms in total. The van der Waals surface area contributed by atoms with Crippen LogP contribution < -0.4 is 19.5 Å². The van der Waals surface area contributed by atoms with Crippen molar-refractivity contribution in [2.24, 2.45) is 0 Å². The number of hydrogen-bond acceptors (Lipinski definition) is 7. The van der Waals surface area contributed by atoms with Gasteiger partial charge in [-0.1, -0.05) is 12.1 Å². The van der Waals surface area contributed by atoms with E-state index in [1.54, 1.807) is 42.5 Å². The maximum atomic E-state index is 12.1. The first-order chi connectivity index (χ1) is 13.5. The van der Waals surface area contributed by atoms with Crippen molar-refractivity contribution in [3.8, 4) is 17.2 Å². The number of ether oxygens (including phenoxy) is 4. The minimum absolute atomic E-state index is 0.198. The second kappa shape index (κ2) is 10.6. The predicted molar refractivity (Wildman–Crippen MR) is 99.5 cm³/mol. The molecule has 1 N–H and O–H groups in total. The van der Waals surface area contributed by atoms with E-state index in [1.165, 1.54) is 13.2 Å². The van der Waals surface area contributed by atoms with Gasteiger partial charge in [-0.2, -0.15) is 0 Å². The summed E-state index contributed by atoms with van der Waals surface area (Å²) in [6.45, 7) is 1.45. The van der Waals surface area contributed by atoms with Gasteiger partial charge in [-0.25, -0.2) is 4.79 Å². The first kappa shape index (κ1) is 20.8. The van der Waals surface area contributed by atoms with Gasteiger partial charge in [0.25, 0.3) is 11.8 Å². The fraction of sp³-hybridized carbons (Fsp3) is 0.250. The lowest BCUT2D eigenvalue weighted by Crippen LogP contribution is -2.34. The lowest BCUT2D eigenvalue weighted by Gasteiger charge is -2.09. The molecule has 0 spiro atoms. The Kier molecular flexibility index (Phi) is 7.83. The highest BCUT2D eigenvalue weighted by Crippen LogP contribution is 2.18. The number of carbonyl (C=O) groups is 3. The summed E-state index contributed by atoms with van der Waals surface area (Å²) >= 11 is 0. The number of amides is 2. The average molecular weight is 387 g/mol. The summed E-state index contributed by atoms with van der Waals surface area (Å²) in [5.41, 5.74) is 0.198.